The number of benzene rings is 2. The van der Waals surface area contributed by atoms with E-state index in [-0.39, 0.29) is 11.5 Å². The third kappa shape index (κ3) is 5.67. The van der Waals surface area contributed by atoms with Crippen molar-refractivity contribution in [3.05, 3.63) is 53.6 Å². The number of rotatable bonds is 8. The van der Waals surface area contributed by atoms with Crippen molar-refractivity contribution in [2.24, 2.45) is 4.99 Å². The summed E-state index contributed by atoms with van der Waals surface area (Å²) in [5.74, 6) is 0.133. The van der Waals surface area contributed by atoms with Crippen LogP contribution in [0.2, 0.25) is 0 Å². The van der Waals surface area contributed by atoms with Crippen LogP contribution in [0.3, 0.4) is 0 Å². The Bertz CT molecular complexity index is 906. The van der Waals surface area contributed by atoms with E-state index in [4.69, 9.17) is 4.74 Å². The van der Waals surface area contributed by atoms with E-state index in [1.807, 2.05) is 25.1 Å². The van der Waals surface area contributed by atoms with Crippen molar-refractivity contribution in [2.45, 2.75) is 33.1 Å². The molecule has 0 unspecified atom stereocenters. The number of nitrogens with zero attached hydrogens (tertiary/aromatic N) is 2. The molecule has 0 aliphatic heterocycles. The molecule has 2 rings (SSSR count). The monoisotopic (exact) mass is 396 g/mol. The lowest BCUT2D eigenvalue weighted by Gasteiger charge is -2.21. The summed E-state index contributed by atoms with van der Waals surface area (Å²) < 4.78 is 5.13. The molecular weight excluding hydrogens is 368 g/mol. The molecule has 2 aromatic carbocycles. The normalized spacial score (nSPS) is 11.2. The van der Waals surface area contributed by atoms with Crippen molar-refractivity contribution in [1.29, 1.82) is 0 Å². The first-order valence-corrected chi connectivity index (χ1v) is 9.65. The van der Waals surface area contributed by atoms with Gasteiger partial charge in [-0.3, -0.25) is 9.79 Å². The second kappa shape index (κ2) is 10.4. The van der Waals surface area contributed by atoms with E-state index in [1.165, 1.54) is 7.11 Å². The third-order valence-corrected chi connectivity index (χ3v) is 4.82. The number of carbonyl (C=O) groups is 2. The Labute approximate surface area is 171 Å². The highest BCUT2D eigenvalue weighted by Crippen LogP contribution is 2.27. The van der Waals surface area contributed by atoms with Crippen LogP contribution in [0.4, 0.5) is 0 Å². The summed E-state index contributed by atoms with van der Waals surface area (Å²) in [6.07, 6.45) is 2.42. The highest BCUT2D eigenvalue weighted by atomic mass is 16.5. The minimum atomic E-state index is -1.02. The Morgan fingerprint density at radius 2 is 1.86 bits per heavy atom. The van der Waals surface area contributed by atoms with Crippen LogP contribution in [0.5, 0.6) is 5.75 Å². The van der Waals surface area contributed by atoms with Crippen molar-refractivity contribution in [3.8, 4) is 16.9 Å². The Morgan fingerprint density at radius 1 is 1.14 bits per heavy atom. The fourth-order valence-electron chi connectivity index (χ4n) is 3.37. The number of hydrogen-bond donors (Lipinski definition) is 1. The predicted octanol–water partition coefficient (Wildman–Crippen LogP) is 4.28. The SMILES string of the molecule is CCN(C(C)=O)C(CCCc1cccc(-c2ccc(OC)c(C(=O)O)c2)c1)=NC. The average Bonchev–Trinajstić information content (AvgIpc) is 2.72. The van der Waals surface area contributed by atoms with E-state index in [1.54, 1.807) is 31.0 Å². The van der Waals surface area contributed by atoms with Crippen LogP contribution in [0, 0.1) is 0 Å². The largest absolute Gasteiger partial charge is 0.496 e. The first-order valence-electron chi connectivity index (χ1n) is 9.65. The number of carboxylic acid groups (broad SMARTS) is 1. The zero-order valence-electron chi connectivity index (χ0n) is 17.4. The van der Waals surface area contributed by atoms with Crippen molar-refractivity contribution >= 4 is 17.7 Å². The Kier molecular flexibility index (Phi) is 7.95. The van der Waals surface area contributed by atoms with Crippen LogP contribution in [-0.2, 0) is 11.2 Å². The molecule has 0 radical (unpaired) electrons. The van der Waals surface area contributed by atoms with Gasteiger partial charge in [0.2, 0.25) is 5.91 Å². The van der Waals surface area contributed by atoms with E-state index in [2.05, 4.69) is 17.1 Å². The van der Waals surface area contributed by atoms with Crippen LogP contribution in [0.15, 0.2) is 47.5 Å². The lowest BCUT2D eigenvalue weighted by molar-refractivity contribution is -0.125. The molecule has 0 aliphatic carbocycles. The summed E-state index contributed by atoms with van der Waals surface area (Å²) in [7, 11) is 3.17. The van der Waals surface area contributed by atoms with Crippen LogP contribution in [0.25, 0.3) is 11.1 Å². The van der Waals surface area contributed by atoms with E-state index in [9.17, 15) is 14.7 Å². The maximum Gasteiger partial charge on any atom is 0.339 e. The Balaban J connectivity index is 2.13. The molecule has 0 bridgehead atoms. The Hall–Kier alpha value is -3.15. The fourth-order valence-corrected chi connectivity index (χ4v) is 3.37. The molecule has 6 heteroatoms. The molecule has 0 saturated carbocycles. The van der Waals surface area contributed by atoms with E-state index in [0.29, 0.717) is 12.3 Å². The molecule has 0 heterocycles. The van der Waals surface area contributed by atoms with E-state index in [0.717, 1.165) is 41.8 Å². The molecule has 0 spiro atoms. The van der Waals surface area contributed by atoms with Crippen LogP contribution in [0.1, 0.15) is 42.6 Å². The van der Waals surface area contributed by atoms with Gasteiger partial charge < -0.3 is 14.7 Å². The Morgan fingerprint density at radius 3 is 2.45 bits per heavy atom. The number of ether oxygens (including phenoxy) is 1. The van der Waals surface area contributed by atoms with Crippen molar-refractivity contribution in [3.63, 3.8) is 0 Å². The summed E-state index contributed by atoms with van der Waals surface area (Å²) in [5, 5.41) is 9.40. The zero-order chi connectivity index (χ0) is 21.4. The molecule has 0 aromatic heterocycles. The lowest BCUT2D eigenvalue weighted by atomic mass is 9.98. The highest BCUT2D eigenvalue weighted by Gasteiger charge is 2.14. The minimum Gasteiger partial charge on any atom is -0.496 e. The number of carboxylic acids is 1. The smallest absolute Gasteiger partial charge is 0.339 e. The molecule has 0 saturated heterocycles. The number of aromatic carboxylic acids is 1. The summed E-state index contributed by atoms with van der Waals surface area (Å²) in [6, 6.07) is 13.2. The number of amidine groups is 1. The number of amides is 1. The van der Waals surface area contributed by atoms with E-state index < -0.39 is 5.97 Å². The molecule has 29 heavy (non-hydrogen) atoms. The molecule has 0 fully saturated rings. The van der Waals surface area contributed by atoms with Gasteiger partial charge in [0.15, 0.2) is 0 Å². The average molecular weight is 396 g/mol. The summed E-state index contributed by atoms with van der Waals surface area (Å²) in [4.78, 5) is 29.2. The summed E-state index contributed by atoms with van der Waals surface area (Å²) in [5.41, 5.74) is 3.07. The van der Waals surface area contributed by atoms with Crippen molar-refractivity contribution in [1.82, 2.24) is 4.90 Å². The second-order valence-electron chi connectivity index (χ2n) is 6.68. The highest BCUT2D eigenvalue weighted by molar-refractivity contribution is 5.97. The van der Waals surface area contributed by atoms with Gasteiger partial charge in [0.25, 0.3) is 0 Å². The standard InChI is InChI=1S/C23H28N2O4/c1-5-25(16(2)26)22(24-3)11-7-9-17-8-6-10-18(14-17)19-12-13-21(29-4)20(15-19)23(27)28/h6,8,10,12-15H,5,7,9,11H2,1-4H3,(H,27,28). The van der Waals surface area contributed by atoms with Gasteiger partial charge in [0.1, 0.15) is 17.1 Å². The van der Waals surface area contributed by atoms with Gasteiger partial charge in [-0.15, -0.1) is 0 Å². The first-order chi connectivity index (χ1) is 13.9. The molecule has 1 N–H and O–H groups in total. The van der Waals surface area contributed by atoms with Gasteiger partial charge in [-0.05, 0) is 48.6 Å². The molecule has 1 amide bonds. The topological polar surface area (TPSA) is 79.2 Å². The number of methoxy groups -OCH3 is 1. The maximum absolute atomic E-state index is 11.7. The van der Waals surface area contributed by atoms with Crippen LogP contribution in [-0.4, -0.2) is 48.4 Å². The molecule has 0 aliphatic rings. The summed E-state index contributed by atoms with van der Waals surface area (Å²) in [6.45, 7) is 4.11. The minimum absolute atomic E-state index is 0.00355. The number of aryl methyl sites for hydroxylation is 1. The first kappa shape index (κ1) is 22.1. The second-order valence-corrected chi connectivity index (χ2v) is 6.68. The van der Waals surface area contributed by atoms with Gasteiger partial charge in [-0.25, -0.2) is 4.79 Å². The maximum atomic E-state index is 11.7. The summed E-state index contributed by atoms with van der Waals surface area (Å²) >= 11 is 0. The molecule has 2 aromatic rings. The van der Waals surface area contributed by atoms with Gasteiger partial charge in [0, 0.05) is 26.9 Å². The number of carbonyl (C=O) groups excluding carboxylic acids is 1. The van der Waals surface area contributed by atoms with Gasteiger partial charge in [0.05, 0.1) is 7.11 Å². The van der Waals surface area contributed by atoms with Crippen LogP contribution < -0.4 is 4.74 Å². The van der Waals surface area contributed by atoms with E-state index >= 15 is 0 Å². The number of aliphatic imine (C=N–C) groups is 1. The van der Waals surface area contributed by atoms with Crippen molar-refractivity contribution < 1.29 is 19.4 Å². The molecule has 154 valence electrons. The van der Waals surface area contributed by atoms with Gasteiger partial charge >= 0.3 is 5.97 Å². The number of hydrogen-bond acceptors (Lipinski definition) is 4. The molecular formula is C23H28N2O4. The van der Waals surface area contributed by atoms with Gasteiger partial charge in [-0.2, -0.15) is 0 Å². The van der Waals surface area contributed by atoms with Gasteiger partial charge in [-0.1, -0.05) is 30.3 Å². The zero-order valence-corrected chi connectivity index (χ0v) is 17.4. The quantitative estimate of drug-likeness (QED) is 0.533. The third-order valence-electron chi connectivity index (χ3n) is 4.82. The molecule has 0 atom stereocenters. The lowest BCUT2D eigenvalue weighted by Crippen LogP contribution is -2.35. The van der Waals surface area contributed by atoms with Crippen LogP contribution >= 0.6 is 0 Å². The van der Waals surface area contributed by atoms with Crippen molar-refractivity contribution in [2.75, 3.05) is 20.7 Å². The molecule has 6 nitrogen and oxygen atoms in total. The fraction of sp³-hybridized carbons (Fsp3) is 0.348. The predicted molar refractivity (Wildman–Crippen MR) is 115 cm³/mol.